The predicted molar refractivity (Wildman–Crippen MR) is 82.1 cm³/mol. The molecule has 0 radical (unpaired) electrons. The third-order valence-electron chi connectivity index (χ3n) is 3.01. The van der Waals surface area contributed by atoms with Gasteiger partial charge in [0.05, 0.1) is 9.60 Å². The van der Waals surface area contributed by atoms with Crippen molar-refractivity contribution < 1.29 is 9.52 Å². The van der Waals surface area contributed by atoms with Crippen LogP contribution in [0.5, 0.6) is 5.75 Å². The summed E-state index contributed by atoms with van der Waals surface area (Å²) in [5.41, 5.74) is 2.86. The van der Waals surface area contributed by atoms with E-state index in [4.69, 9.17) is 4.42 Å². The molecule has 2 aromatic carbocycles. The van der Waals surface area contributed by atoms with Crippen molar-refractivity contribution in [1.82, 2.24) is 0 Å². The molecule has 1 N–H and O–H groups in total. The maximum absolute atomic E-state index is 11.4. The van der Waals surface area contributed by atoms with Crippen molar-refractivity contribution in [3.05, 3.63) is 51.2 Å². The van der Waals surface area contributed by atoms with Crippen molar-refractivity contribution >= 4 is 33.4 Å². The Balaban J connectivity index is 2.17. The van der Waals surface area contributed by atoms with E-state index in [1.807, 2.05) is 32.0 Å². The van der Waals surface area contributed by atoms with Crippen molar-refractivity contribution in [1.29, 1.82) is 0 Å². The lowest BCUT2D eigenvalue weighted by atomic mass is 10.2. The predicted octanol–water partition coefficient (Wildman–Crippen LogP) is 4.33. The fourth-order valence-corrected chi connectivity index (χ4v) is 3.97. The first-order valence-corrected chi connectivity index (χ1v) is 7.68. The minimum atomic E-state index is -0.353. The lowest BCUT2D eigenvalue weighted by Gasteiger charge is -2.09. The van der Waals surface area contributed by atoms with Crippen molar-refractivity contribution in [2.75, 3.05) is 0 Å². The standard InChI is InChI=1S/C15H12O3S2/c1-8-4-3-5-9(2)14(8)19-11-6-10(16)7-12-13(11)18-15(17)20-12/h3-7,16H,1-2H3. The smallest absolute Gasteiger partial charge is 0.396 e. The Kier molecular flexibility index (Phi) is 3.31. The van der Waals surface area contributed by atoms with Gasteiger partial charge in [-0.05, 0) is 31.0 Å². The number of rotatable bonds is 2. The minimum Gasteiger partial charge on any atom is -0.508 e. The zero-order valence-electron chi connectivity index (χ0n) is 11.0. The molecule has 1 aromatic heterocycles. The summed E-state index contributed by atoms with van der Waals surface area (Å²) in [4.78, 5) is 12.9. The van der Waals surface area contributed by atoms with Crippen LogP contribution in [0.1, 0.15) is 11.1 Å². The molecule has 5 heteroatoms. The monoisotopic (exact) mass is 304 g/mol. The Bertz CT molecular complexity index is 826. The van der Waals surface area contributed by atoms with Crippen LogP contribution in [0, 0.1) is 13.8 Å². The van der Waals surface area contributed by atoms with Gasteiger partial charge in [-0.1, -0.05) is 41.3 Å². The molecule has 1 heterocycles. The fraction of sp³-hybridized carbons (Fsp3) is 0.133. The van der Waals surface area contributed by atoms with Gasteiger partial charge in [-0.25, -0.2) is 4.79 Å². The zero-order chi connectivity index (χ0) is 14.3. The van der Waals surface area contributed by atoms with Crippen molar-refractivity contribution in [2.45, 2.75) is 23.6 Å². The molecule has 20 heavy (non-hydrogen) atoms. The number of phenolic OH excluding ortho intramolecular Hbond substituents is 1. The van der Waals surface area contributed by atoms with Gasteiger partial charge in [0.2, 0.25) is 0 Å². The summed E-state index contributed by atoms with van der Waals surface area (Å²) in [5, 5.41) is 9.79. The molecule has 0 aliphatic heterocycles. The molecule has 0 spiro atoms. The maximum atomic E-state index is 11.4. The van der Waals surface area contributed by atoms with Gasteiger partial charge in [0, 0.05) is 11.0 Å². The number of phenols is 1. The molecule has 3 rings (SSSR count). The van der Waals surface area contributed by atoms with Gasteiger partial charge in [0.15, 0.2) is 5.58 Å². The number of aromatic hydroxyl groups is 1. The summed E-state index contributed by atoms with van der Waals surface area (Å²) in [7, 11) is 0. The molecule has 0 saturated carbocycles. The van der Waals surface area contributed by atoms with E-state index in [0.717, 1.165) is 32.3 Å². The third kappa shape index (κ3) is 2.34. The topological polar surface area (TPSA) is 50.4 Å². The van der Waals surface area contributed by atoms with E-state index < -0.39 is 0 Å². The normalized spacial score (nSPS) is 11.1. The molecule has 0 aliphatic carbocycles. The number of hydrogen-bond donors (Lipinski definition) is 1. The zero-order valence-corrected chi connectivity index (χ0v) is 12.6. The summed E-state index contributed by atoms with van der Waals surface area (Å²) < 4.78 is 5.91. The lowest BCUT2D eigenvalue weighted by molar-refractivity contribution is 0.474. The van der Waals surface area contributed by atoms with E-state index >= 15 is 0 Å². The van der Waals surface area contributed by atoms with Crippen LogP contribution in [-0.2, 0) is 0 Å². The molecule has 0 bridgehead atoms. The molecule has 0 saturated heterocycles. The van der Waals surface area contributed by atoms with Gasteiger partial charge in [0.25, 0.3) is 0 Å². The quantitative estimate of drug-likeness (QED) is 0.765. The summed E-state index contributed by atoms with van der Waals surface area (Å²) >= 11 is 2.52. The van der Waals surface area contributed by atoms with E-state index in [0.29, 0.717) is 10.3 Å². The van der Waals surface area contributed by atoms with Gasteiger partial charge in [-0.2, -0.15) is 0 Å². The summed E-state index contributed by atoms with van der Waals surface area (Å²) in [6.07, 6.45) is 0. The minimum absolute atomic E-state index is 0.142. The molecular formula is C15H12O3S2. The summed E-state index contributed by atoms with van der Waals surface area (Å²) in [6.45, 7) is 4.08. The van der Waals surface area contributed by atoms with Crippen molar-refractivity contribution in [3.8, 4) is 5.75 Å². The Morgan fingerprint density at radius 1 is 1.20 bits per heavy atom. The second kappa shape index (κ2) is 5.00. The first-order chi connectivity index (χ1) is 9.54. The van der Waals surface area contributed by atoms with E-state index in [2.05, 4.69) is 0 Å². The first-order valence-electron chi connectivity index (χ1n) is 6.05. The molecule has 3 aromatic rings. The van der Waals surface area contributed by atoms with E-state index in [1.54, 1.807) is 12.1 Å². The summed E-state index contributed by atoms with van der Waals surface area (Å²) in [6, 6.07) is 9.28. The highest BCUT2D eigenvalue weighted by molar-refractivity contribution is 7.99. The lowest BCUT2D eigenvalue weighted by Crippen LogP contribution is -1.85. The highest BCUT2D eigenvalue weighted by atomic mass is 32.2. The van der Waals surface area contributed by atoms with Crippen molar-refractivity contribution in [3.63, 3.8) is 0 Å². The number of hydrogen-bond acceptors (Lipinski definition) is 5. The van der Waals surface area contributed by atoms with Crippen LogP contribution in [0.25, 0.3) is 10.3 Å². The van der Waals surface area contributed by atoms with Crippen LogP contribution in [0.15, 0.2) is 49.3 Å². The number of fused-ring (bicyclic) bond motifs is 1. The van der Waals surface area contributed by atoms with Gasteiger partial charge in [0.1, 0.15) is 5.75 Å². The highest BCUT2D eigenvalue weighted by Crippen LogP contribution is 2.39. The van der Waals surface area contributed by atoms with Crippen LogP contribution >= 0.6 is 23.1 Å². The van der Waals surface area contributed by atoms with Crippen LogP contribution in [0.3, 0.4) is 0 Å². The summed E-state index contributed by atoms with van der Waals surface area (Å²) in [5.74, 6) is 0.142. The molecule has 0 atom stereocenters. The van der Waals surface area contributed by atoms with E-state index in [9.17, 15) is 9.90 Å². The van der Waals surface area contributed by atoms with Crippen LogP contribution in [0.2, 0.25) is 0 Å². The average Bonchev–Trinajstić information content (AvgIpc) is 2.74. The molecule has 3 nitrogen and oxygen atoms in total. The Morgan fingerprint density at radius 3 is 2.60 bits per heavy atom. The molecular weight excluding hydrogens is 292 g/mol. The SMILES string of the molecule is Cc1cccc(C)c1Sc1cc(O)cc2sc(=O)oc12. The second-order valence-corrected chi connectivity index (χ2v) is 6.58. The third-order valence-corrected chi connectivity index (χ3v) is 5.15. The molecule has 102 valence electrons. The maximum Gasteiger partial charge on any atom is 0.396 e. The molecule has 0 aliphatic rings. The Morgan fingerprint density at radius 2 is 1.90 bits per heavy atom. The first kappa shape index (κ1) is 13.3. The van der Waals surface area contributed by atoms with E-state index in [-0.39, 0.29) is 10.7 Å². The van der Waals surface area contributed by atoms with Crippen LogP contribution < -0.4 is 4.94 Å². The Hall–Kier alpha value is -1.72. The largest absolute Gasteiger partial charge is 0.508 e. The Labute approximate surface area is 123 Å². The van der Waals surface area contributed by atoms with Crippen molar-refractivity contribution in [2.24, 2.45) is 0 Å². The number of aryl methyl sites for hydroxylation is 2. The second-order valence-electron chi connectivity index (χ2n) is 4.55. The van der Waals surface area contributed by atoms with Gasteiger partial charge in [-0.3, -0.25) is 0 Å². The van der Waals surface area contributed by atoms with Crippen LogP contribution in [0.4, 0.5) is 0 Å². The van der Waals surface area contributed by atoms with Gasteiger partial charge >= 0.3 is 4.94 Å². The average molecular weight is 304 g/mol. The molecule has 0 amide bonds. The highest BCUT2D eigenvalue weighted by Gasteiger charge is 2.13. The molecule has 0 unspecified atom stereocenters. The molecule has 0 fully saturated rings. The van der Waals surface area contributed by atoms with Crippen LogP contribution in [-0.4, -0.2) is 5.11 Å². The van der Waals surface area contributed by atoms with Gasteiger partial charge in [-0.15, -0.1) is 0 Å². The van der Waals surface area contributed by atoms with E-state index in [1.165, 1.54) is 11.8 Å². The number of benzene rings is 2. The van der Waals surface area contributed by atoms with Gasteiger partial charge < -0.3 is 9.52 Å². The fourth-order valence-electron chi connectivity index (χ4n) is 2.08.